The second-order valence-electron chi connectivity index (χ2n) is 4.54. The highest BCUT2D eigenvalue weighted by molar-refractivity contribution is 7.71. The second kappa shape index (κ2) is 4.40. The van der Waals surface area contributed by atoms with Crippen molar-refractivity contribution in [3.05, 3.63) is 23.0 Å². The highest BCUT2D eigenvalue weighted by atomic mass is 35.5. The lowest BCUT2D eigenvalue weighted by Gasteiger charge is -2.16. The van der Waals surface area contributed by atoms with E-state index in [-0.39, 0.29) is 11.8 Å². The average molecular weight is 282 g/mol. The largest absolute Gasteiger partial charge is 0.331 e. The van der Waals surface area contributed by atoms with E-state index in [1.165, 1.54) is 0 Å². The predicted octanol–water partition coefficient (Wildman–Crippen LogP) is 2.82. The Hall–Kier alpha value is -1.33. The van der Waals surface area contributed by atoms with Crippen LogP contribution in [0.2, 0.25) is 0 Å². The summed E-state index contributed by atoms with van der Waals surface area (Å²) in [5.74, 6) is 0.908. The molecule has 94 valence electrons. The number of imidazole rings is 1. The number of hydrogen-bond donors (Lipinski definition) is 2. The molecule has 1 aromatic heterocycles. The maximum atomic E-state index is 11.9. The highest BCUT2D eigenvalue weighted by Crippen LogP contribution is 2.27. The maximum Gasteiger partial charge on any atom is 0.227 e. The van der Waals surface area contributed by atoms with Gasteiger partial charge in [-0.3, -0.25) is 4.79 Å². The predicted molar refractivity (Wildman–Crippen MR) is 74.7 cm³/mol. The van der Waals surface area contributed by atoms with Crippen LogP contribution in [0.5, 0.6) is 0 Å². The van der Waals surface area contributed by atoms with Gasteiger partial charge in [0.2, 0.25) is 5.91 Å². The number of anilines is 1. The monoisotopic (exact) mass is 281 g/mol. The van der Waals surface area contributed by atoms with Gasteiger partial charge >= 0.3 is 0 Å². The summed E-state index contributed by atoms with van der Waals surface area (Å²) >= 11 is 10.9. The molecule has 1 fully saturated rings. The standard InChI is InChI=1S/C12H12ClN3OS/c13-5-7-3-11(17)16(6-7)8-1-2-9-10(4-8)15-12(18)14-9/h1-2,4,7H,3,5-6H2,(H2,14,15,18). The Morgan fingerprint density at radius 1 is 1.39 bits per heavy atom. The number of aromatic amines is 2. The van der Waals surface area contributed by atoms with Crippen LogP contribution in [0.3, 0.4) is 0 Å². The minimum atomic E-state index is 0.133. The molecule has 2 N–H and O–H groups in total. The molecule has 18 heavy (non-hydrogen) atoms. The van der Waals surface area contributed by atoms with Gasteiger partial charge in [-0.1, -0.05) is 0 Å². The Kier molecular flexibility index (Phi) is 2.87. The second-order valence-corrected chi connectivity index (χ2v) is 5.25. The van der Waals surface area contributed by atoms with Crippen LogP contribution in [-0.4, -0.2) is 28.3 Å². The summed E-state index contributed by atoms with van der Waals surface area (Å²) in [4.78, 5) is 19.8. The molecule has 0 bridgehead atoms. The van der Waals surface area contributed by atoms with Gasteiger partial charge in [0, 0.05) is 24.5 Å². The van der Waals surface area contributed by atoms with Gasteiger partial charge in [0.15, 0.2) is 4.77 Å². The molecule has 1 amide bonds. The number of benzene rings is 1. The molecule has 0 saturated carbocycles. The van der Waals surface area contributed by atoms with Crippen molar-refractivity contribution in [1.29, 1.82) is 0 Å². The van der Waals surface area contributed by atoms with Crippen molar-refractivity contribution in [3.8, 4) is 0 Å². The van der Waals surface area contributed by atoms with Crippen molar-refractivity contribution in [1.82, 2.24) is 9.97 Å². The minimum Gasteiger partial charge on any atom is -0.331 e. The quantitative estimate of drug-likeness (QED) is 0.657. The summed E-state index contributed by atoms with van der Waals surface area (Å²) in [6, 6.07) is 5.80. The molecular weight excluding hydrogens is 270 g/mol. The van der Waals surface area contributed by atoms with Crippen LogP contribution in [0.4, 0.5) is 5.69 Å². The van der Waals surface area contributed by atoms with Gasteiger partial charge in [0.1, 0.15) is 0 Å². The Morgan fingerprint density at radius 3 is 2.89 bits per heavy atom. The number of carbonyl (C=O) groups is 1. The molecule has 6 heteroatoms. The summed E-state index contributed by atoms with van der Waals surface area (Å²) in [5.41, 5.74) is 2.76. The van der Waals surface area contributed by atoms with Crippen molar-refractivity contribution in [3.63, 3.8) is 0 Å². The summed E-state index contributed by atoms with van der Waals surface area (Å²) < 4.78 is 0.591. The molecule has 1 aliphatic heterocycles. The summed E-state index contributed by atoms with van der Waals surface area (Å²) in [7, 11) is 0. The summed E-state index contributed by atoms with van der Waals surface area (Å²) in [5, 5.41) is 0. The van der Waals surface area contributed by atoms with Crippen LogP contribution >= 0.6 is 23.8 Å². The number of amides is 1. The van der Waals surface area contributed by atoms with E-state index in [0.29, 0.717) is 23.6 Å². The molecule has 0 radical (unpaired) electrons. The maximum absolute atomic E-state index is 11.9. The molecule has 1 aliphatic rings. The SMILES string of the molecule is O=C1CC(CCl)CN1c1ccc2[nH]c(=S)[nH]c2c1. The molecule has 3 rings (SSSR count). The van der Waals surface area contributed by atoms with E-state index < -0.39 is 0 Å². The van der Waals surface area contributed by atoms with Crippen molar-refractivity contribution in [2.45, 2.75) is 6.42 Å². The smallest absolute Gasteiger partial charge is 0.227 e. The first kappa shape index (κ1) is 11.7. The molecular formula is C12H12ClN3OS. The number of carbonyl (C=O) groups excluding carboxylic acids is 1. The first-order valence-corrected chi connectivity index (χ1v) is 6.70. The lowest BCUT2D eigenvalue weighted by molar-refractivity contribution is -0.117. The number of nitrogens with zero attached hydrogens (tertiary/aromatic N) is 1. The van der Waals surface area contributed by atoms with Crippen molar-refractivity contribution >= 4 is 46.4 Å². The van der Waals surface area contributed by atoms with Crippen molar-refractivity contribution in [2.75, 3.05) is 17.3 Å². The fourth-order valence-corrected chi connectivity index (χ4v) is 2.75. The van der Waals surface area contributed by atoms with E-state index in [1.54, 1.807) is 4.90 Å². The molecule has 0 aliphatic carbocycles. The first-order valence-electron chi connectivity index (χ1n) is 5.76. The molecule has 2 aromatic rings. The Morgan fingerprint density at radius 2 is 2.17 bits per heavy atom. The molecule has 1 saturated heterocycles. The number of alkyl halides is 1. The van der Waals surface area contributed by atoms with Crippen LogP contribution in [0, 0.1) is 10.7 Å². The Bertz CT molecular complexity index is 663. The van der Waals surface area contributed by atoms with E-state index >= 15 is 0 Å². The number of fused-ring (bicyclic) bond motifs is 1. The van der Waals surface area contributed by atoms with Gasteiger partial charge in [0.25, 0.3) is 0 Å². The lowest BCUT2D eigenvalue weighted by atomic mass is 10.1. The van der Waals surface area contributed by atoms with E-state index in [2.05, 4.69) is 9.97 Å². The fourth-order valence-electron chi connectivity index (χ4n) is 2.32. The zero-order valence-electron chi connectivity index (χ0n) is 9.57. The number of hydrogen-bond acceptors (Lipinski definition) is 2. The highest BCUT2D eigenvalue weighted by Gasteiger charge is 2.29. The number of aromatic nitrogens is 2. The number of nitrogens with one attached hydrogen (secondary N) is 2. The molecule has 0 spiro atoms. The third kappa shape index (κ3) is 1.93. The number of H-pyrrole nitrogens is 2. The van der Waals surface area contributed by atoms with Crippen LogP contribution in [0.1, 0.15) is 6.42 Å². The fraction of sp³-hybridized carbons (Fsp3) is 0.333. The van der Waals surface area contributed by atoms with Crippen molar-refractivity contribution in [2.24, 2.45) is 5.92 Å². The number of halogens is 1. The van der Waals surface area contributed by atoms with Gasteiger partial charge < -0.3 is 14.9 Å². The molecule has 4 nitrogen and oxygen atoms in total. The third-order valence-corrected chi connectivity index (χ3v) is 3.88. The van der Waals surface area contributed by atoms with E-state index in [0.717, 1.165) is 16.7 Å². The minimum absolute atomic E-state index is 0.133. The molecule has 1 aromatic carbocycles. The normalized spacial score (nSPS) is 19.9. The van der Waals surface area contributed by atoms with E-state index in [4.69, 9.17) is 23.8 Å². The van der Waals surface area contributed by atoms with Crippen LogP contribution in [0.15, 0.2) is 18.2 Å². The topological polar surface area (TPSA) is 51.9 Å². The van der Waals surface area contributed by atoms with Gasteiger partial charge in [-0.05, 0) is 36.3 Å². The van der Waals surface area contributed by atoms with Gasteiger partial charge in [-0.15, -0.1) is 11.6 Å². The zero-order chi connectivity index (χ0) is 12.7. The van der Waals surface area contributed by atoms with Crippen LogP contribution in [-0.2, 0) is 4.79 Å². The van der Waals surface area contributed by atoms with E-state index in [1.807, 2.05) is 18.2 Å². The summed E-state index contributed by atoms with van der Waals surface area (Å²) in [6.45, 7) is 0.693. The lowest BCUT2D eigenvalue weighted by Crippen LogP contribution is -2.24. The van der Waals surface area contributed by atoms with Gasteiger partial charge in [-0.25, -0.2) is 0 Å². The third-order valence-electron chi connectivity index (χ3n) is 3.23. The Labute approximate surface area is 114 Å². The molecule has 1 atom stereocenters. The van der Waals surface area contributed by atoms with Crippen molar-refractivity contribution < 1.29 is 4.79 Å². The summed E-state index contributed by atoms with van der Waals surface area (Å²) in [6.07, 6.45) is 0.532. The Balaban J connectivity index is 1.99. The van der Waals surface area contributed by atoms with Gasteiger partial charge in [0.05, 0.1) is 11.0 Å². The van der Waals surface area contributed by atoms with Crippen LogP contribution < -0.4 is 4.90 Å². The first-order chi connectivity index (χ1) is 8.67. The molecule has 1 unspecified atom stereocenters. The van der Waals surface area contributed by atoms with Crippen LogP contribution in [0.25, 0.3) is 11.0 Å². The average Bonchev–Trinajstić information content (AvgIpc) is 2.89. The number of rotatable bonds is 2. The van der Waals surface area contributed by atoms with Gasteiger partial charge in [-0.2, -0.15) is 0 Å². The zero-order valence-corrected chi connectivity index (χ0v) is 11.1. The van der Waals surface area contributed by atoms with E-state index in [9.17, 15) is 4.79 Å². The molecule has 2 heterocycles.